The molecule has 1 saturated heterocycles. The van der Waals surface area contributed by atoms with Crippen molar-refractivity contribution >= 4 is 27.5 Å². The van der Waals surface area contributed by atoms with E-state index in [2.05, 4.69) is 28.2 Å². The van der Waals surface area contributed by atoms with Gasteiger partial charge in [-0.3, -0.25) is 4.79 Å². The Hall–Kier alpha value is -1.07. The Morgan fingerprint density at radius 3 is 3.00 bits per heavy atom. The van der Waals surface area contributed by atoms with Crippen molar-refractivity contribution in [2.45, 2.75) is 44.0 Å². The maximum absolute atomic E-state index is 12.1. The molecule has 2 rings (SSSR count). The Morgan fingerprint density at radius 1 is 1.57 bits per heavy atom. The minimum absolute atomic E-state index is 0.0879. The van der Waals surface area contributed by atoms with Crippen LogP contribution in [-0.2, 0) is 16.0 Å². The molecule has 0 saturated carbocycles. The largest absolute Gasteiger partial charge is 0.492 e. The number of carbonyl (C=O) groups excluding carboxylic acids is 1. The fourth-order valence-corrected chi connectivity index (χ4v) is 2.77. The highest BCUT2D eigenvalue weighted by atomic mass is 79.9. The average Bonchev–Trinajstić information content (AvgIpc) is 2.95. The Balaban J connectivity index is 2.11. The number of hydrogen-bond acceptors (Lipinski definition) is 3. The fourth-order valence-electron chi connectivity index (χ4n) is 2.39. The first-order valence-electron chi connectivity index (χ1n) is 7.42. The van der Waals surface area contributed by atoms with Gasteiger partial charge in [-0.15, -0.1) is 0 Å². The third-order valence-electron chi connectivity index (χ3n) is 3.34. The summed E-state index contributed by atoms with van der Waals surface area (Å²) in [5, 5.41) is 2.92. The third-order valence-corrected chi connectivity index (χ3v) is 3.67. The van der Waals surface area contributed by atoms with Crippen LogP contribution in [0.3, 0.4) is 0 Å². The van der Waals surface area contributed by atoms with Crippen LogP contribution in [0.5, 0.6) is 5.75 Å². The van der Waals surface area contributed by atoms with E-state index in [0.717, 1.165) is 25.0 Å². The molecule has 1 heterocycles. The summed E-state index contributed by atoms with van der Waals surface area (Å²) in [6.45, 7) is 5.27. The van der Waals surface area contributed by atoms with E-state index in [1.54, 1.807) is 0 Å². The van der Waals surface area contributed by atoms with Crippen molar-refractivity contribution in [3.63, 3.8) is 0 Å². The lowest BCUT2D eigenvalue weighted by atomic mass is 10.1. The molecule has 0 aliphatic carbocycles. The number of rotatable bonds is 6. The number of amides is 1. The predicted molar refractivity (Wildman–Crippen MR) is 87.3 cm³/mol. The van der Waals surface area contributed by atoms with E-state index in [-0.39, 0.29) is 12.0 Å². The standard InChI is InChI=1S/C16H22BrNO3/c1-3-20-15-10-12(9-11(2)17)6-7-13(15)18-16(19)14-5-4-8-21-14/h6-7,10-11,14H,3-5,8-9H2,1-2H3,(H,18,19). The van der Waals surface area contributed by atoms with Gasteiger partial charge in [-0.2, -0.15) is 0 Å². The molecular weight excluding hydrogens is 334 g/mol. The smallest absolute Gasteiger partial charge is 0.253 e. The molecule has 1 N–H and O–H groups in total. The molecule has 0 spiro atoms. The monoisotopic (exact) mass is 355 g/mol. The second-order valence-corrected chi connectivity index (χ2v) is 6.80. The van der Waals surface area contributed by atoms with Crippen LogP contribution in [0.15, 0.2) is 18.2 Å². The van der Waals surface area contributed by atoms with Crippen LogP contribution >= 0.6 is 15.9 Å². The van der Waals surface area contributed by atoms with E-state index in [0.29, 0.717) is 23.7 Å². The molecule has 1 aliphatic heterocycles. The zero-order chi connectivity index (χ0) is 15.2. The molecule has 2 atom stereocenters. The van der Waals surface area contributed by atoms with Gasteiger partial charge in [-0.1, -0.05) is 28.9 Å². The molecule has 21 heavy (non-hydrogen) atoms. The van der Waals surface area contributed by atoms with Gasteiger partial charge in [0, 0.05) is 11.4 Å². The summed E-state index contributed by atoms with van der Waals surface area (Å²) in [6.07, 6.45) is 2.31. The first kappa shape index (κ1) is 16.3. The van der Waals surface area contributed by atoms with Crippen molar-refractivity contribution in [3.8, 4) is 5.75 Å². The zero-order valence-corrected chi connectivity index (χ0v) is 14.1. The third kappa shape index (κ3) is 4.71. The topological polar surface area (TPSA) is 47.6 Å². The van der Waals surface area contributed by atoms with Crippen molar-refractivity contribution in [2.75, 3.05) is 18.5 Å². The van der Waals surface area contributed by atoms with Gasteiger partial charge in [0.2, 0.25) is 0 Å². The van der Waals surface area contributed by atoms with Crippen molar-refractivity contribution in [1.29, 1.82) is 0 Å². The van der Waals surface area contributed by atoms with Gasteiger partial charge < -0.3 is 14.8 Å². The van der Waals surface area contributed by atoms with Gasteiger partial charge in [0.05, 0.1) is 12.3 Å². The zero-order valence-electron chi connectivity index (χ0n) is 12.5. The number of alkyl halides is 1. The Labute approximate surface area is 134 Å². The molecule has 1 aliphatic rings. The molecule has 0 radical (unpaired) electrons. The van der Waals surface area contributed by atoms with Gasteiger partial charge in [-0.25, -0.2) is 0 Å². The second kappa shape index (κ2) is 7.80. The summed E-state index contributed by atoms with van der Waals surface area (Å²) < 4.78 is 11.1. The molecule has 116 valence electrons. The predicted octanol–water partition coefficient (Wildman–Crippen LogP) is 3.53. The van der Waals surface area contributed by atoms with Crippen molar-refractivity contribution < 1.29 is 14.3 Å². The number of ether oxygens (including phenoxy) is 2. The summed E-state index contributed by atoms with van der Waals surface area (Å²) in [5.41, 5.74) is 1.89. The summed E-state index contributed by atoms with van der Waals surface area (Å²) >= 11 is 3.55. The second-order valence-electron chi connectivity index (χ2n) is 5.24. The highest BCUT2D eigenvalue weighted by Crippen LogP contribution is 2.28. The van der Waals surface area contributed by atoms with Gasteiger partial charge in [-0.05, 0) is 43.9 Å². The maximum atomic E-state index is 12.1. The van der Waals surface area contributed by atoms with Crippen molar-refractivity contribution in [1.82, 2.24) is 0 Å². The van der Waals surface area contributed by atoms with E-state index in [9.17, 15) is 4.79 Å². The number of hydrogen-bond donors (Lipinski definition) is 1. The number of nitrogens with one attached hydrogen (secondary N) is 1. The minimum Gasteiger partial charge on any atom is -0.492 e. The van der Waals surface area contributed by atoms with Gasteiger partial charge >= 0.3 is 0 Å². The van der Waals surface area contributed by atoms with Crippen molar-refractivity contribution in [3.05, 3.63) is 23.8 Å². The minimum atomic E-state index is -0.332. The number of benzene rings is 1. The summed E-state index contributed by atoms with van der Waals surface area (Å²) in [6, 6.07) is 5.92. The number of halogens is 1. The molecule has 4 nitrogen and oxygen atoms in total. The van der Waals surface area contributed by atoms with Crippen LogP contribution in [0.2, 0.25) is 0 Å². The molecule has 1 aromatic rings. The first-order chi connectivity index (χ1) is 10.1. The Kier molecular flexibility index (Phi) is 6.06. The van der Waals surface area contributed by atoms with E-state index in [4.69, 9.17) is 9.47 Å². The lowest BCUT2D eigenvalue weighted by Crippen LogP contribution is -2.27. The Morgan fingerprint density at radius 2 is 2.38 bits per heavy atom. The average molecular weight is 356 g/mol. The highest BCUT2D eigenvalue weighted by Gasteiger charge is 2.24. The number of anilines is 1. The molecule has 5 heteroatoms. The highest BCUT2D eigenvalue weighted by molar-refractivity contribution is 9.09. The maximum Gasteiger partial charge on any atom is 0.253 e. The van der Waals surface area contributed by atoms with Crippen LogP contribution in [0.1, 0.15) is 32.3 Å². The van der Waals surface area contributed by atoms with Crippen molar-refractivity contribution in [2.24, 2.45) is 0 Å². The fraction of sp³-hybridized carbons (Fsp3) is 0.562. The van der Waals surface area contributed by atoms with Gasteiger partial charge in [0.15, 0.2) is 0 Å². The molecule has 1 amide bonds. The molecule has 2 unspecified atom stereocenters. The molecule has 0 bridgehead atoms. The molecule has 1 fully saturated rings. The van der Waals surface area contributed by atoms with E-state index >= 15 is 0 Å². The van der Waals surface area contributed by atoms with Gasteiger partial charge in [0.25, 0.3) is 5.91 Å². The lowest BCUT2D eigenvalue weighted by Gasteiger charge is -2.15. The first-order valence-corrected chi connectivity index (χ1v) is 8.34. The van der Waals surface area contributed by atoms with E-state index < -0.39 is 0 Å². The number of carbonyl (C=O) groups is 1. The molecular formula is C16H22BrNO3. The molecule has 0 aromatic heterocycles. The Bertz CT molecular complexity index is 484. The lowest BCUT2D eigenvalue weighted by molar-refractivity contribution is -0.124. The van der Waals surface area contributed by atoms with E-state index in [1.165, 1.54) is 5.56 Å². The van der Waals surface area contributed by atoms with Crippen LogP contribution in [0.4, 0.5) is 5.69 Å². The SMILES string of the molecule is CCOc1cc(CC(C)Br)ccc1NC(=O)C1CCCO1. The van der Waals surface area contributed by atoms with Crippen LogP contribution in [0, 0.1) is 0 Å². The molecule has 1 aromatic carbocycles. The quantitative estimate of drug-likeness (QED) is 0.794. The van der Waals surface area contributed by atoms with E-state index in [1.807, 2.05) is 25.1 Å². The summed E-state index contributed by atoms with van der Waals surface area (Å²) in [4.78, 5) is 12.5. The van der Waals surface area contributed by atoms with Gasteiger partial charge in [0.1, 0.15) is 11.9 Å². The van der Waals surface area contributed by atoms with Crippen LogP contribution in [-0.4, -0.2) is 30.1 Å². The van der Waals surface area contributed by atoms with Crippen LogP contribution in [0.25, 0.3) is 0 Å². The summed E-state index contributed by atoms with van der Waals surface area (Å²) in [5.74, 6) is 0.629. The van der Waals surface area contributed by atoms with Crippen LogP contribution < -0.4 is 10.1 Å². The summed E-state index contributed by atoms with van der Waals surface area (Å²) in [7, 11) is 0. The normalized spacial score (nSPS) is 19.3.